The van der Waals surface area contributed by atoms with Gasteiger partial charge < -0.3 is 11.1 Å². The number of rotatable bonds is 2. The predicted octanol–water partition coefficient (Wildman–Crippen LogP) is 3.98. The van der Waals surface area contributed by atoms with Gasteiger partial charge in [-0.1, -0.05) is 41.5 Å². The Kier molecular flexibility index (Phi) is 4.64. The SMILES string of the molecule is CC(C)(C)C(=O)Nc1sc2c(c1C(N)=O)CC[C@H](C(C)(C)C)C2. The Morgan fingerprint density at radius 2 is 1.78 bits per heavy atom. The van der Waals surface area contributed by atoms with Gasteiger partial charge in [0.25, 0.3) is 5.91 Å². The number of amides is 2. The third-order valence-corrected chi connectivity index (χ3v) is 5.81. The standard InChI is InChI=1S/C18H28N2O2S/c1-17(2,3)10-7-8-11-12(9-10)23-15(13(11)14(19)21)20-16(22)18(4,5)6/h10H,7-9H2,1-6H3,(H2,19,21)(H,20,22)/t10-/m0/s1. The van der Waals surface area contributed by atoms with Crippen LogP contribution in [0.5, 0.6) is 0 Å². The highest BCUT2D eigenvalue weighted by Crippen LogP contribution is 2.44. The number of nitrogens with two attached hydrogens (primary N) is 1. The number of hydrogen-bond donors (Lipinski definition) is 2. The van der Waals surface area contributed by atoms with Gasteiger partial charge in [0.05, 0.1) is 5.56 Å². The zero-order valence-electron chi connectivity index (χ0n) is 15.0. The van der Waals surface area contributed by atoms with Gasteiger partial charge in [-0.2, -0.15) is 0 Å². The minimum absolute atomic E-state index is 0.0917. The maximum absolute atomic E-state index is 12.3. The molecular weight excluding hydrogens is 308 g/mol. The van der Waals surface area contributed by atoms with E-state index in [9.17, 15) is 9.59 Å². The summed E-state index contributed by atoms with van der Waals surface area (Å²) in [6, 6.07) is 0. The lowest BCUT2D eigenvalue weighted by molar-refractivity contribution is -0.123. The first kappa shape index (κ1) is 18.0. The van der Waals surface area contributed by atoms with Gasteiger partial charge in [-0.05, 0) is 36.2 Å². The quantitative estimate of drug-likeness (QED) is 0.857. The molecule has 0 aliphatic heterocycles. The number of primary amides is 1. The number of carbonyl (C=O) groups excluding carboxylic acids is 2. The fourth-order valence-electron chi connectivity index (χ4n) is 2.96. The largest absolute Gasteiger partial charge is 0.365 e. The maximum Gasteiger partial charge on any atom is 0.251 e. The Hall–Kier alpha value is -1.36. The van der Waals surface area contributed by atoms with Crippen molar-refractivity contribution in [3.05, 3.63) is 16.0 Å². The molecule has 0 unspecified atom stereocenters. The van der Waals surface area contributed by atoms with Crippen molar-refractivity contribution < 1.29 is 9.59 Å². The molecule has 1 atom stereocenters. The third-order valence-electron chi connectivity index (χ3n) is 4.64. The van der Waals surface area contributed by atoms with Crippen molar-refractivity contribution in [2.24, 2.45) is 22.5 Å². The number of carbonyl (C=O) groups is 2. The molecule has 0 fully saturated rings. The van der Waals surface area contributed by atoms with E-state index in [0.29, 0.717) is 16.5 Å². The summed E-state index contributed by atoms with van der Waals surface area (Å²) in [6.45, 7) is 12.3. The van der Waals surface area contributed by atoms with Crippen molar-refractivity contribution in [1.29, 1.82) is 0 Å². The van der Waals surface area contributed by atoms with E-state index in [4.69, 9.17) is 5.73 Å². The third kappa shape index (κ3) is 3.77. The molecule has 1 heterocycles. The molecule has 1 aliphatic carbocycles. The maximum atomic E-state index is 12.3. The van der Waals surface area contributed by atoms with E-state index in [1.165, 1.54) is 16.2 Å². The van der Waals surface area contributed by atoms with Crippen molar-refractivity contribution >= 4 is 28.2 Å². The molecule has 128 valence electrons. The van der Waals surface area contributed by atoms with Gasteiger partial charge in [0.15, 0.2) is 0 Å². The highest BCUT2D eigenvalue weighted by Gasteiger charge is 2.34. The number of hydrogen-bond acceptors (Lipinski definition) is 3. The zero-order chi connectivity index (χ0) is 17.6. The van der Waals surface area contributed by atoms with Crippen LogP contribution >= 0.6 is 11.3 Å². The molecule has 3 N–H and O–H groups in total. The van der Waals surface area contributed by atoms with Crippen LogP contribution in [0.1, 0.15) is 68.8 Å². The topological polar surface area (TPSA) is 72.2 Å². The summed E-state index contributed by atoms with van der Waals surface area (Å²) >= 11 is 1.52. The molecule has 1 aliphatic rings. The lowest BCUT2D eigenvalue weighted by atomic mass is 9.72. The molecule has 1 aromatic rings. The lowest BCUT2D eigenvalue weighted by Crippen LogP contribution is -2.29. The second-order valence-corrected chi connectivity index (χ2v) is 9.69. The predicted molar refractivity (Wildman–Crippen MR) is 95.9 cm³/mol. The Bertz CT molecular complexity index is 633. The van der Waals surface area contributed by atoms with Gasteiger partial charge in [-0.25, -0.2) is 0 Å². The summed E-state index contributed by atoms with van der Waals surface area (Å²) in [7, 11) is 0. The molecule has 0 spiro atoms. The van der Waals surface area contributed by atoms with Crippen molar-refractivity contribution in [2.75, 3.05) is 5.32 Å². The van der Waals surface area contributed by atoms with E-state index in [-0.39, 0.29) is 11.3 Å². The Labute approximate surface area is 142 Å². The van der Waals surface area contributed by atoms with Crippen molar-refractivity contribution in [3.63, 3.8) is 0 Å². The summed E-state index contributed by atoms with van der Waals surface area (Å²) in [5.41, 5.74) is 6.91. The second kappa shape index (κ2) is 5.93. The van der Waals surface area contributed by atoms with Crippen LogP contribution in [0.3, 0.4) is 0 Å². The van der Waals surface area contributed by atoms with Gasteiger partial charge in [0.2, 0.25) is 5.91 Å². The summed E-state index contributed by atoms with van der Waals surface area (Å²) in [5, 5.41) is 3.54. The first-order chi connectivity index (χ1) is 10.4. The Morgan fingerprint density at radius 3 is 2.26 bits per heavy atom. The van der Waals surface area contributed by atoms with Crippen LogP contribution in [-0.4, -0.2) is 11.8 Å². The summed E-state index contributed by atoms with van der Waals surface area (Å²) in [5.74, 6) is 0.0485. The molecule has 2 amide bonds. The van der Waals surface area contributed by atoms with Crippen LogP contribution in [-0.2, 0) is 17.6 Å². The van der Waals surface area contributed by atoms with E-state index >= 15 is 0 Å². The monoisotopic (exact) mass is 336 g/mol. The second-order valence-electron chi connectivity index (χ2n) is 8.58. The number of anilines is 1. The van der Waals surface area contributed by atoms with Gasteiger partial charge in [-0.3, -0.25) is 9.59 Å². The number of thiophene rings is 1. The number of fused-ring (bicyclic) bond motifs is 1. The molecule has 0 radical (unpaired) electrons. The molecule has 1 aromatic heterocycles. The summed E-state index contributed by atoms with van der Waals surface area (Å²) in [6.07, 6.45) is 2.87. The van der Waals surface area contributed by atoms with Gasteiger partial charge in [-0.15, -0.1) is 11.3 Å². The van der Waals surface area contributed by atoms with E-state index in [2.05, 4.69) is 26.1 Å². The van der Waals surface area contributed by atoms with Crippen molar-refractivity contribution in [3.8, 4) is 0 Å². The normalized spacial score (nSPS) is 18.4. The minimum Gasteiger partial charge on any atom is -0.365 e. The van der Waals surface area contributed by atoms with Crippen molar-refractivity contribution in [2.45, 2.75) is 60.8 Å². The van der Waals surface area contributed by atoms with Gasteiger partial charge in [0.1, 0.15) is 5.00 Å². The molecular formula is C18H28N2O2S. The average Bonchev–Trinajstić information content (AvgIpc) is 2.73. The molecule has 0 bridgehead atoms. The van der Waals surface area contributed by atoms with Crippen LogP contribution in [0.15, 0.2) is 0 Å². The zero-order valence-corrected chi connectivity index (χ0v) is 15.8. The smallest absolute Gasteiger partial charge is 0.251 e. The Morgan fingerprint density at radius 1 is 1.17 bits per heavy atom. The van der Waals surface area contributed by atoms with E-state index in [1.54, 1.807) is 0 Å². The van der Waals surface area contributed by atoms with Crippen LogP contribution in [0.4, 0.5) is 5.00 Å². The Balaban J connectivity index is 2.37. The van der Waals surface area contributed by atoms with Crippen molar-refractivity contribution in [1.82, 2.24) is 0 Å². The fraction of sp³-hybridized carbons (Fsp3) is 0.667. The van der Waals surface area contributed by atoms with Crippen LogP contribution < -0.4 is 11.1 Å². The first-order valence-electron chi connectivity index (χ1n) is 8.17. The highest BCUT2D eigenvalue weighted by molar-refractivity contribution is 7.17. The molecule has 23 heavy (non-hydrogen) atoms. The van der Waals surface area contributed by atoms with E-state index in [1.807, 2.05) is 20.8 Å². The summed E-state index contributed by atoms with van der Waals surface area (Å²) in [4.78, 5) is 25.4. The van der Waals surface area contributed by atoms with Crippen LogP contribution in [0, 0.1) is 16.7 Å². The summed E-state index contributed by atoms with van der Waals surface area (Å²) < 4.78 is 0. The molecule has 2 rings (SSSR count). The average molecular weight is 337 g/mol. The molecule has 0 saturated heterocycles. The minimum atomic E-state index is -0.507. The van der Waals surface area contributed by atoms with Crippen LogP contribution in [0.2, 0.25) is 0 Å². The first-order valence-corrected chi connectivity index (χ1v) is 8.98. The van der Waals surface area contributed by atoms with E-state index in [0.717, 1.165) is 24.8 Å². The number of nitrogens with one attached hydrogen (secondary N) is 1. The fourth-order valence-corrected chi connectivity index (χ4v) is 4.29. The van der Waals surface area contributed by atoms with Gasteiger partial charge in [0, 0.05) is 10.3 Å². The van der Waals surface area contributed by atoms with Gasteiger partial charge >= 0.3 is 0 Å². The molecule has 0 saturated carbocycles. The molecule has 0 aromatic carbocycles. The van der Waals surface area contributed by atoms with E-state index < -0.39 is 11.3 Å². The molecule has 5 heteroatoms. The molecule has 4 nitrogen and oxygen atoms in total. The lowest BCUT2D eigenvalue weighted by Gasteiger charge is -2.33. The van der Waals surface area contributed by atoms with Crippen LogP contribution in [0.25, 0.3) is 0 Å². The highest BCUT2D eigenvalue weighted by atomic mass is 32.1.